The average Bonchev–Trinajstić information content (AvgIpc) is 3.57. The van der Waals surface area contributed by atoms with Gasteiger partial charge in [-0.3, -0.25) is 36.3 Å². The van der Waals surface area contributed by atoms with E-state index in [1.807, 2.05) is 12.1 Å². The van der Waals surface area contributed by atoms with Crippen LogP contribution in [-0.2, 0) is 17.6 Å². The molecule has 4 aliphatic heterocycles. The first-order valence-corrected chi connectivity index (χ1v) is 12.3. The Balaban J connectivity index is 1.32. The first kappa shape index (κ1) is 23.5. The lowest BCUT2D eigenvalue weighted by atomic mass is 9.85. The molecule has 1 aromatic carbocycles. The van der Waals surface area contributed by atoms with Crippen LogP contribution in [0.1, 0.15) is 27.9 Å². The summed E-state index contributed by atoms with van der Waals surface area (Å²) in [7, 11) is 1.53. The monoisotopic (exact) mass is 513 g/mol. The maximum absolute atomic E-state index is 13.3. The van der Waals surface area contributed by atoms with Gasteiger partial charge in [0.2, 0.25) is 5.91 Å². The minimum atomic E-state index is -2.56. The first-order chi connectivity index (χ1) is 17.5. The van der Waals surface area contributed by atoms with Gasteiger partial charge >= 0.3 is 18.0 Å². The molecule has 37 heavy (non-hydrogen) atoms. The number of nitrogens with two attached hydrogens (primary N) is 2. The zero-order valence-corrected chi connectivity index (χ0v) is 20.3. The number of carbonyl (C=O) groups is 3. The van der Waals surface area contributed by atoms with Crippen LogP contribution in [0.4, 0.5) is 4.79 Å². The molecule has 196 valence electrons. The normalized spacial score (nSPS) is 31.5. The Labute approximate surface area is 212 Å². The molecular formula is C23H31N9O5+2. The summed E-state index contributed by atoms with van der Waals surface area (Å²) in [5.41, 5.74) is 13.4. The predicted molar refractivity (Wildman–Crippen MR) is 128 cm³/mol. The second-order valence-corrected chi connectivity index (χ2v) is 10.4. The molecule has 2 fully saturated rings. The van der Waals surface area contributed by atoms with Crippen LogP contribution in [0.3, 0.4) is 0 Å². The van der Waals surface area contributed by atoms with Crippen molar-refractivity contribution in [3.63, 3.8) is 0 Å². The molecule has 2 unspecified atom stereocenters. The Morgan fingerprint density at radius 2 is 2.08 bits per heavy atom. The van der Waals surface area contributed by atoms with Crippen molar-refractivity contribution in [2.24, 2.45) is 11.5 Å². The number of rotatable bonds is 4. The predicted octanol–water partition coefficient (Wildman–Crippen LogP) is -5.78. The quantitative estimate of drug-likeness (QED) is 0.110. The number of imide groups is 1. The molecule has 0 bridgehead atoms. The van der Waals surface area contributed by atoms with Crippen LogP contribution in [-0.4, -0.2) is 111 Å². The van der Waals surface area contributed by atoms with Crippen LogP contribution >= 0.6 is 0 Å². The third-order valence-corrected chi connectivity index (χ3v) is 8.26. The molecule has 1 aromatic rings. The van der Waals surface area contributed by atoms with Crippen molar-refractivity contribution < 1.29 is 34.2 Å². The van der Waals surface area contributed by atoms with Crippen molar-refractivity contribution in [1.29, 1.82) is 0 Å². The fraction of sp³-hybridized carbons (Fsp3) is 0.522. The number of guanidine groups is 2. The first-order valence-electron chi connectivity index (χ1n) is 12.3. The maximum Gasteiger partial charge on any atom is 0.347 e. The number of aryl methyl sites for hydroxylation is 1. The summed E-state index contributed by atoms with van der Waals surface area (Å²) >= 11 is 0. The van der Waals surface area contributed by atoms with E-state index in [4.69, 9.17) is 11.5 Å². The van der Waals surface area contributed by atoms with Crippen molar-refractivity contribution >= 4 is 29.8 Å². The van der Waals surface area contributed by atoms with Gasteiger partial charge in [0.1, 0.15) is 18.6 Å². The molecule has 14 heteroatoms. The molecule has 14 nitrogen and oxygen atoms in total. The number of amides is 4. The standard InChI is InChI=1S/C23H29N9O5/c1-30-10-16(33)31(21(30)35)8-14-17-22(29-19(24)28-17)23(36,37)15(9-32(22)20(25)26-14)27-18(34)13-7-3-5-11-4-2-6-12(11)13/h3,5,7,14-15,17,36-37H,2,4,6,8-10H2,1H3,(H6,24,25,26,27,28,29,34)/p+2/t14-,15?,17-,22?/m0/s1. The third kappa shape index (κ3) is 3.15. The molecule has 5 aliphatic rings. The number of benzene rings is 1. The van der Waals surface area contributed by atoms with Gasteiger partial charge in [-0.05, 0) is 36.5 Å². The molecule has 4 amide bonds. The number of hydrogen-bond acceptors (Lipinski definition) is 9. The van der Waals surface area contributed by atoms with E-state index in [2.05, 4.69) is 20.9 Å². The van der Waals surface area contributed by atoms with E-state index in [1.54, 1.807) is 6.07 Å². The number of hydrogen-bond donors (Lipinski definition) is 8. The van der Waals surface area contributed by atoms with Gasteiger partial charge in [0.25, 0.3) is 17.4 Å². The Bertz CT molecular complexity index is 1290. The zero-order chi connectivity index (χ0) is 26.3. The van der Waals surface area contributed by atoms with E-state index < -0.39 is 41.5 Å². The van der Waals surface area contributed by atoms with E-state index >= 15 is 0 Å². The van der Waals surface area contributed by atoms with E-state index in [9.17, 15) is 24.6 Å². The summed E-state index contributed by atoms with van der Waals surface area (Å²) in [6, 6.07) is 2.38. The van der Waals surface area contributed by atoms with Crippen LogP contribution in [0.2, 0.25) is 0 Å². The lowest BCUT2D eigenvalue weighted by Crippen LogP contribution is -2.92. The summed E-state index contributed by atoms with van der Waals surface area (Å²) in [4.78, 5) is 43.7. The third-order valence-electron chi connectivity index (χ3n) is 8.26. The molecule has 1 spiro atoms. The number of nitrogens with one attached hydrogen (secondary N) is 4. The van der Waals surface area contributed by atoms with E-state index in [0.29, 0.717) is 5.56 Å². The maximum atomic E-state index is 13.3. The highest BCUT2D eigenvalue weighted by Crippen LogP contribution is 2.38. The van der Waals surface area contributed by atoms with Gasteiger partial charge in [0, 0.05) is 12.6 Å². The molecule has 0 radical (unpaired) electrons. The second-order valence-electron chi connectivity index (χ2n) is 10.4. The summed E-state index contributed by atoms with van der Waals surface area (Å²) < 4.78 is 1.52. The number of carbonyl (C=O) groups excluding carboxylic acids is 3. The van der Waals surface area contributed by atoms with E-state index in [0.717, 1.165) is 35.3 Å². The van der Waals surface area contributed by atoms with Gasteiger partial charge in [-0.15, -0.1) is 0 Å². The molecule has 2 saturated heterocycles. The summed E-state index contributed by atoms with van der Waals surface area (Å²) in [6.07, 6.45) is 2.66. The highest BCUT2D eigenvalue weighted by molar-refractivity contribution is 6.02. The largest absolute Gasteiger partial charge is 0.358 e. The lowest BCUT2D eigenvalue weighted by molar-refractivity contribution is -0.674. The zero-order valence-electron chi connectivity index (χ0n) is 20.3. The average molecular weight is 514 g/mol. The van der Waals surface area contributed by atoms with Crippen LogP contribution in [0.5, 0.6) is 0 Å². The fourth-order valence-electron chi connectivity index (χ4n) is 6.51. The van der Waals surface area contributed by atoms with E-state index in [-0.39, 0.29) is 37.5 Å². The molecule has 10 N–H and O–H groups in total. The minimum absolute atomic E-state index is 0.0396. The molecule has 1 aliphatic carbocycles. The van der Waals surface area contributed by atoms with Crippen molar-refractivity contribution in [1.82, 2.24) is 25.8 Å². The Hall–Kier alpha value is -3.91. The topological polar surface area (TPSA) is 203 Å². The van der Waals surface area contributed by atoms with Crippen molar-refractivity contribution in [2.75, 3.05) is 26.7 Å². The number of aliphatic hydroxyl groups is 2. The van der Waals surface area contributed by atoms with Gasteiger partial charge in [-0.2, -0.15) is 0 Å². The fourth-order valence-corrected chi connectivity index (χ4v) is 6.51. The second kappa shape index (κ2) is 7.79. The van der Waals surface area contributed by atoms with Gasteiger partial charge in [0.05, 0.1) is 13.1 Å². The number of nitrogens with zero attached hydrogens (tertiary/aromatic N) is 3. The van der Waals surface area contributed by atoms with Crippen molar-refractivity contribution in [3.05, 3.63) is 34.9 Å². The van der Waals surface area contributed by atoms with Gasteiger partial charge < -0.3 is 20.4 Å². The number of urea groups is 1. The number of likely N-dealkylation sites (N-methyl/N-ethyl adjacent to an activating group) is 1. The van der Waals surface area contributed by atoms with Gasteiger partial charge in [0.15, 0.2) is 6.04 Å². The summed E-state index contributed by atoms with van der Waals surface area (Å²) in [5, 5.41) is 32.1. The minimum Gasteiger partial charge on any atom is -0.358 e. The molecular weight excluding hydrogens is 482 g/mol. The molecule has 0 aromatic heterocycles. The molecule has 6 rings (SSSR count). The summed E-state index contributed by atoms with van der Waals surface area (Å²) in [5.74, 6) is -3.19. The molecule has 4 atom stereocenters. The van der Waals surface area contributed by atoms with Crippen molar-refractivity contribution in [2.45, 2.75) is 48.8 Å². The lowest BCUT2D eigenvalue weighted by Gasteiger charge is -2.41. The van der Waals surface area contributed by atoms with Gasteiger partial charge in [-0.25, -0.2) is 14.7 Å². The summed E-state index contributed by atoms with van der Waals surface area (Å²) in [6.45, 7) is -0.176. The van der Waals surface area contributed by atoms with E-state index in [1.165, 1.54) is 16.5 Å². The highest BCUT2D eigenvalue weighted by Gasteiger charge is 2.78. The molecule has 4 heterocycles. The van der Waals surface area contributed by atoms with Gasteiger partial charge in [-0.1, -0.05) is 12.1 Å². The number of fused-ring (bicyclic) bond motifs is 1. The molecule has 0 saturated carbocycles. The Morgan fingerprint density at radius 3 is 2.81 bits per heavy atom. The van der Waals surface area contributed by atoms with Crippen LogP contribution in [0, 0.1) is 0 Å². The Morgan fingerprint density at radius 1 is 1.30 bits per heavy atom. The van der Waals surface area contributed by atoms with Crippen LogP contribution < -0.4 is 32.4 Å². The van der Waals surface area contributed by atoms with Crippen LogP contribution in [0.25, 0.3) is 0 Å². The SMILES string of the molecule is CN1CC(=O)N(C[C@@H]2NC(N)=[N+]3CC(NC(=O)c4cccc5c4CCC5)C(O)(O)C34NC(N)=[NH+][C@@H]24)C1=O. The Kier molecular flexibility index (Phi) is 4.95. The smallest absolute Gasteiger partial charge is 0.347 e. The highest BCUT2D eigenvalue weighted by atomic mass is 16.5. The van der Waals surface area contributed by atoms with Crippen molar-refractivity contribution in [3.8, 4) is 0 Å². The van der Waals surface area contributed by atoms with Crippen LogP contribution in [0.15, 0.2) is 18.2 Å².